The molecule has 1 aliphatic heterocycles. The Balaban J connectivity index is 1.82. The maximum absolute atomic E-state index is 5.53. The van der Waals surface area contributed by atoms with Gasteiger partial charge in [0.15, 0.2) is 0 Å². The number of benzene rings is 1. The molecule has 0 radical (unpaired) electrons. The van der Waals surface area contributed by atoms with Crippen molar-refractivity contribution in [3.05, 3.63) is 29.3 Å². The van der Waals surface area contributed by atoms with Gasteiger partial charge in [0, 0.05) is 13.0 Å². The van der Waals surface area contributed by atoms with Crippen molar-refractivity contribution in [2.24, 2.45) is 11.8 Å². The largest absolute Gasteiger partial charge is 0.493 e. The summed E-state index contributed by atoms with van der Waals surface area (Å²) in [4.78, 5) is 0. The highest BCUT2D eigenvalue weighted by Crippen LogP contribution is 2.25. The fraction of sp³-hybridized carbons (Fsp3) is 0.625. The fourth-order valence-corrected chi connectivity index (χ4v) is 2.56. The second-order valence-corrected chi connectivity index (χ2v) is 5.73. The third kappa shape index (κ3) is 3.95. The molecule has 0 aromatic heterocycles. The second-order valence-electron chi connectivity index (χ2n) is 5.73. The van der Waals surface area contributed by atoms with Crippen molar-refractivity contribution in [3.8, 4) is 5.75 Å². The Bertz CT molecular complexity index is 404. The molecule has 19 heavy (non-hydrogen) atoms. The first kappa shape index (κ1) is 14.4. The maximum Gasteiger partial charge on any atom is 0.122 e. The lowest BCUT2D eigenvalue weighted by Crippen LogP contribution is -2.32. The van der Waals surface area contributed by atoms with Crippen LogP contribution in [0.25, 0.3) is 0 Å². The number of nitrogens with one attached hydrogen (secondary N) is 2. The molecular weight excluding hydrogens is 236 g/mol. The van der Waals surface area contributed by atoms with Gasteiger partial charge in [-0.25, -0.2) is 0 Å². The summed E-state index contributed by atoms with van der Waals surface area (Å²) in [5.74, 6) is 2.45. The van der Waals surface area contributed by atoms with Crippen LogP contribution in [-0.2, 0) is 13.0 Å². The van der Waals surface area contributed by atoms with Crippen molar-refractivity contribution >= 4 is 0 Å². The quantitative estimate of drug-likeness (QED) is 0.790. The van der Waals surface area contributed by atoms with Crippen LogP contribution in [0.3, 0.4) is 0 Å². The molecule has 0 saturated heterocycles. The van der Waals surface area contributed by atoms with Gasteiger partial charge in [0.25, 0.3) is 0 Å². The van der Waals surface area contributed by atoms with Gasteiger partial charge in [0.2, 0.25) is 0 Å². The Morgan fingerprint density at radius 2 is 2.11 bits per heavy atom. The van der Waals surface area contributed by atoms with Gasteiger partial charge in [-0.3, -0.25) is 0 Å². The molecule has 1 aromatic rings. The van der Waals surface area contributed by atoms with Crippen molar-refractivity contribution in [2.75, 3.05) is 26.7 Å². The molecular formula is C16H26N2O. The zero-order valence-electron chi connectivity index (χ0n) is 12.3. The van der Waals surface area contributed by atoms with E-state index in [0.717, 1.165) is 38.4 Å². The van der Waals surface area contributed by atoms with Gasteiger partial charge in [0.05, 0.1) is 6.61 Å². The molecule has 1 aromatic carbocycles. The van der Waals surface area contributed by atoms with Gasteiger partial charge in [-0.05, 0) is 49.2 Å². The highest BCUT2D eigenvalue weighted by molar-refractivity contribution is 5.39. The van der Waals surface area contributed by atoms with E-state index in [-0.39, 0.29) is 0 Å². The summed E-state index contributed by atoms with van der Waals surface area (Å²) in [6.07, 6.45) is 1.05. The van der Waals surface area contributed by atoms with Crippen LogP contribution in [0.2, 0.25) is 0 Å². The predicted molar refractivity (Wildman–Crippen MR) is 79.6 cm³/mol. The minimum atomic E-state index is 0.683. The van der Waals surface area contributed by atoms with Crippen LogP contribution >= 0.6 is 0 Å². The SMILES string of the molecule is CNCC(CNCc1ccc2c(c1)CCO2)C(C)C. The molecule has 1 aliphatic rings. The highest BCUT2D eigenvalue weighted by atomic mass is 16.5. The third-order valence-corrected chi connectivity index (χ3v) is 3.90. The van der Waals surface area contributed by atoms with E-state index in [1.807, 2.05) is 7.05 Å². The number of fused-ring (bicyclic) bond motifs is 1. The van der Waals surface area contributed by atoms with Gasteiger partial charge >= 0.3 is 0 Å². The first-order valence-corrected chi connectivity index (χ1v) is 7.30. The number of ether oxygens (including phenoxy) is 1. The van der Waals surface area contributed by atoms with Gasteiger partial charge < -0.3 is 15.4 Å². The number of hydrogen-bond acceptors (Lipinski definition) is 3. The molecule has 3 heteroatoms. The summed E-state index contributed by atoms with van der Waals surface area (Å²) in [6.45, 7) is 8.49. The second kappa shape index (κ2) is 6.92. The predicted octanol–water partition coefficient (Wildman–Crippen LogP) is 2.20. The smallest absolute Gasteiger partial charge is 0.122 e. The summed E-state index contributed by atoms with van der Waals surface area (Å²) in [6, 6.07) is 6.55. The van der Waals surface area contributed by atoms with Gasteiger partial charge in [0.1, 0.15) is 5.75 Å². The molecule has 0 spiro atoms. The first-order chi connectivity index (χ1) is 9.20. The summed E-state index contributed by atoms with van der Waals surface area (Å²) >= 11 is 0. The van der Waals surface area contributed by atoms with E-state index in [4.69, 9.17) is 4.74 Å². The molecule has 0 bridgehead atoms. The summed E-state index contributed by atoms with van der Waals surface area (Å²) < 4.78 is 5.53. The Hall–Kier alpha value is -1.06. The minimum absolute atomic E-state index is 0.683. The number of hydrogen-bond donors (Lipinski definition) is 2. The lowest BCUT2D eigenvalue weighted by atomic mass is 9.95. The molecule has 0 saturated carbocycles. The Morgan fingerprint density at radius 1 is 1.26 bits per heavy atom. The van der Waals surface area contributed by atoms with Crippen molar-refractivity contribution in [2.45, 2.75) is 26.8 Å². The van der Waals surface area contributed by atoms with Crippen LogP contribution in [0, 0.1) is 11.8 Å². The topological polar surface area (TPSA) is 33.3 Å². The molecule has 2 N–H and O–H groups in total. The van der Waals surface area contributed by atoms with Crippen LogP contribution in [0.1, 0.15) is 25.0 Å². The Morgan fingerprint density at radius 3 is 2.84 bits per heavy atom. The van der Waals surface area contributed by atoms with Gasteiger partial charge in [-0.2, -0.15) is 0 Å². The van der Waals surface area contributed by atoms with Crippen LogP contribution in [0.5, 0.6) is 5.75 Å². The maximum atomic E-state index is 5.53. The molecule has 0 aliphatic carbocycles. The highest BCUT2D eigenvalue weighted by Gasteiger charge is 2.13. The molecule has 1 unspecified atom stereocenters. The van der Waals surface area contributed by atoms with Crippen LogP contribution in [0.15, 0.2) is 18.2 Å². The van der Waals surface area contributed by atoms with E-state index in [1.54, 1.807) is 0 Å². The summed E-state index contributed by atoms with van der Waals surface area (Å²) in [5.41, 5.74) is 2.71. The Labute approximate surface area is 116 Å². The van der Waals surface area contributed by atoms with Crippen LogP contribution in [-0.4, -0.2) is 26.7 Å². The van der Waals surface area contributed by atoms with Crippen LogP contribution < -0.4 is 15.4 Å². The van der Waals surface area contributed by atoms with Gasteiger partial charge in [-0.1, -0.05) is 26.0 Å². The van der Waals surface area contributed by atoms with Crippen molar-refractivity contribution in [1.29, 1.82) is 0 Å². The van der Waals surface area contributed by atoms with E-state index in [9.17, 15) is 0 Å². The zero-order valence-corrected chi connectivity index (χ0v) is 12.3. The molecule has 0 amide bonds. The zero-order chi connectivity index (χ0) is 13.7. The molecule has 106 valence electrons. The molecule has 1 atom stereocenters. The van der Waals surface area contributed by atoms with Crippen molar-refractivity contribution in [1.82, 2.24) is 10.6 Å². The lowest BCUT2D eigenvalue weighted by Gasteiger charge is -2.21. The Kier molecular flexibility index (Phi) is 5.23. The lowest BCUT2D eigenvalue weighted by molar-refractivity contribution is 0.352. The normalized spacial score (nSPS) is 15.4. The molecule has 3 nitrogen and oxygen atoms in total. The molecule has 0 fully saturated rings. The summed E-state index contributed by atoms with van der Waals surface area (Å²) in [5, 5.41) is 6.85. The average Bonchev–Trinajstić information content (AvgIpc) is 2.85. The van der Waals surface area contributed by atoms with Crippen LogP contribution in [0.4, 0.5) is 0 Å². The standard InChI is InChI=1S/C16H26N2O/c1-12(2)15(10-17-3)11-18-9-13-4-5-16-14(8-13)6-7-19-16/h4-5,8,12,15,17-18H,6-7,9-11H2,1-3H3. The third-order valence-electron chi connectivity index (χ3n) is 3.90. The van der Waals surface area contributed by atoms with Crippen molar-refractivity contribution < 1.29 is 4.74 Å². The van der Waals surface area contributed by atoms with E-state index in [1.165, 1.54) is 11.1 Å². The number of rotatable bonds is 7. The molecule has 2 rings (SSSR count). The average molecular weight is 262 g/mol. The summed E-state index contributed by atoms with van der Waals surface area (Å²) in [7, 11) is 2.02. The monoisotopic (exact) mass is 262 g/mol. The van der Waals surface area contributed by atoms with E-state index in [2.05, 4.69) is 42.7 Å². The van der Waals surface area contributed by atoms with E-state index < -0.39 is 0 Å². The first-order valence-electron chi connectivity index (χ1n) is 7.30. The van der Waals surface area contributed by atoms with E-state index in [0.29, 0.717) is 11.8 Å². The minimum Gasteiger partial charge on any atom is -0.493 e. The van der Waals surface area contributed by atoms with Gasteiger partial charge in [-0.15, -0.1) is 0 Å². The molecule has 1 heterocycles. The van der Waals surface area contributed by atoms with Crippen molar-refractivity contribution in [3.63, 3.8) is 0 Å². The van der Waals surface area contributed by atoms with E-state index >= 15 is 0 Å². The fourth-order valence-electron chi connectivity index (χ4n) is 2.56.